The van der Waals surface area contributed by atoms with Crippen molar-refractivity contribution in [2.75, 3.05) is 25.5 Å². The SMILES string of the molecule is Cc1ccc(S(=O)(=O)[C@@H](CNC(=O)C(C)(C)C)c2ccc(N(C)C)cc2)cc1. The molecule has 1 N–H and O–H groups in total. The lowest BCUT2D eigenvalue weighted by atomic mass is 9.95. The highest BCUT2D eigenvalue weighted by Crippen LogP contribution is 2.30. The van der Waals surface area contributed by atoms with Crippen molar-refractivity contribution in [3.8, 4) is 0 Å². The molecule has 0 saturated carbocycles. The average molecular weight is 403 g/mol. The summed E-state index contributed by atoms with van der Waals surface area (Å²) in [7, 11) is 0.186. The lowest BCUT2D eigenvalue weighted by molar-refractivity contribution is -0.128. The zero-order valence-corrected chi connectivity index (χ0v) is 18.3. The molecule has 2 aromatic carbocycles. The molecule has 0 aromatic heterocycles. The first-order chi connectivity index (χ1) is 12.9. The highest BCUT2D eigenvalue weighted by molar-refractivity contribution is 7.91. The van der Waals surface area contributed by atoms with E-state index < -0.39 is 20.5 Å². The predicted octanol–water partition coefficient (Wildman–Crippen LogP) is 3.74. The standard InChI is InChI=1S/C22H30N2O3S/c1-16-7-13-19(14-8-16)28(26,27)20(15-23-21(25)22(2,3)4)17-9-11-18(12-10-17)24(5)6/h7-14,20H,15H2,1-6H3,(H,23,25)/t20-/m0/s1. The largest absolute Gasteiger partial charge is 0.378 e. The summed E-state index contributed by atoms with van der Waals surface area (Å²) >= 11 is 0. The van der Waals surface area contributed by atoms with Crippen LogP contribution in [0.2, 0.25) is 0 Å². The van der Waals surface area contributed by atoms with Crippen LogP contribution >= 0.6 is 0 Å². The minimum Gasteiger partial charge on any atom is -0.378 e. The Balaban J connectivity index is 2.43. The molecular weight excluding hydrogens is 372 g/mol. The van der Waals surface area contributed by atoms with Gasteiger partial charge in [-0.1, -0.05) is 50.6 Å². The third-order valence-electron chi connectivity index (χ3n) is 4.63. The number of nitrogens with one attached hydrogen (secondary N) is 1. The van der Waals surface area contributed by atoms with Crippen LogP contribution in [0.1, 0.15) is 37.1 Å². The van der Waals surface area contributed by atoms with E-state index in [4.69, 9.17) is 0 Å². The molecule has 2 aromatic rings. The fourth-order valence-electron chi connectivity index (χ4n) is 2.74. The third-order valence-corrected chi connectivity index (χ3v) is 6.75. The summed E-state index contributed by atoms with van der Waals surface area (Å²) in [6.07, 6.45) is 0. The second-order valence-corrected chi connectivity index (χ2v) is 10.4. The van der Waals surface area contributed by atoms with E-state index in [0.717, 1.165) is 11.3 Å². The van der Waals surface area contributed by atoms with Crippen molar-refractivity contribution < 1.29 is 13.2 Å². The molecule has 28 heavy (non-hydrogen) atoms. The van der Waals surface area contributed by atoms with Gasteiger partial charge in [-0.2, -0.15) is 0 Å². The number of hydrogen-bond acceptors (Lipinski definition) is 4. The van der Waals surface area contributed by atoms with E-state index in [-0.39, 0.29) is 17.3 Å². The molecule has 0 unspecified atom stereocenters. The monoisotopic (exact) mass is 402 g/mol. The molecule has 6 heteroatoms. The van der Waals surface area contributed by atoms with Crippen LogP contribution < -0.4 is 10.2 Å². The van der Waals surface area contributed by atoms with Gasteiger partial charge in [0.2, 0.25) is 5.91 Å². The number of hydrogen-bond donors (Lipinski definition) is 1. The Bertz CT molecular complexity index is 910. The van der Waals surface area contributed by atoms with E-state index >= 15 is 0 Å². The van der Waals surface area contributed by atoms with Crippen molar-refractivity contribution in [1.29, 1.82) is 0 Å². The summed E-state index contributed by atoms with van der Waals surface area (Å²) in [5.74, 6) is -0.179. The Morgan fingerprint density at radius 1 is 1.00 bits per heavy atom. The molecule has 0 bridgehead atoms. The molecule has 2 rings (SSSR count). The predicted molar refractivity (Wildman–Crippen MR) is 114 cm³/mol. The van der Waals surface area contributed by atoms with E-state index in [2.05, 4.69) is 5.32 Å². The van der Waals surface area contributed by atoms with E-state index in [1.807, 2.05) is 50.2 Å². The molecule has 0 aliphatic heterocycles. The maximum atomic E-state index is 13.4. The Kier molecular flexibility index (Phi) is 6.55. The number of aryl methyl sites for hydroxylation is 1. The number of rotatable bonds is 6. The van der Waals surface area contributed by atoms with Gasteiger partial charge in [-0.15, -0.1) is 0 Å². The lowest BCUT2D eigenvalue weighted by Gasteiger charge is -2.23. The summed E-state index contributed by atoms with van der Waals surface area (Å²) in [5, 5.41) is 1.95. The number of benzene rings is 2. The molecule has 5 nitrogen and oxygen atoms in total. The van der Waals surface area contributed by atoms with Crippen molar-refractivity contribution in [2.24, 2.45) is 5.41 Å². The molecule has 0 radical (unpaired) electrons. The number of nitrogens with zero attached hydrogens (tertiary/aromatic N) is 1. The van der Waals surface area contributed by atoms with Gasteiger partial charge in [-0.05, 0) is 36.8 Å². The van der Waals surface area contributed by atoms with Crippen molar-refractivity contribution in [3.05, 3.63) is 59.7 Å². The number of amides is 1. The first-order valence-electron chi connectivity index (χ1n) is 9.29. The van der Waals surface area contributed by atoms with Gasteiger partial charge in [-0.3, -0.25) is 4.79 Å². The minimum absolute atomic E-state index is 0.0215. The second-order valence-electron chi connectivity index (χ2n) is 8.29. The maximum absolute atomic E-state index is 13.4. The fraction of sp³-hybridized carbons (Fsp3) is 0.409. The highest BCUT2D eigenvalue weighted by Gasteiger charge is 2.31. The number of sulfone groups is 1. The number of carbonyl (C=O) groups excluding carboxylic acids is 1. The molecule has 0 aliphatic rings. The maximum Gasteiger partial charge on any atom is 0.225 e. The normalized spacial score (nSPS) is 13.1. The van der Waals surface area contributed by atoms with Gasteiger partial charge in [0.05, 0.1) is 4.90 Å². The molecule has 0 saturated heterocycles. The topological polar surface area (TPSA) is 66.5 Å². The van der Waals surface area contributed by atoms with Gasteiger partial charge in [0, 0.05) is 31.7 Å². The second kappa shape index (κ2) is 8.35. The average Bonchev–Trinajstić information content (AvgIpc) is 2.61. The fourth-order valence-corrected chi connectivity index (χ4v) is 4.40. The van der Waals surface area contributed by atoms with E-state index in [0.29, 0.717) is 5.56 Å². The first-order valence-corrected chi connectivity index (χ1v) is 10.8. The van der Waals surface area contributed by atoms with Gasteiger partial charge in [0.25, 0.3) is 0 Å². The molecular formula is C22H30N2O3S. The van der Waals surface area contributed by atoms with Crippen LogP contribution in [0.5, 0.6) is 0 Å². The first kappa shape index (κ1) is 22.0. The van der Waals surface area contributed by atoms with Gasteiger partial charge in [0.15, 0.2) is 9.84 Å². The van der Waals surface area contributed by atoms with Crippen molar-refractivity contribution in [3.63, 3.8) is 0 Å². The zero-order valence-electron chi connectivity index (χ0n) is 17.5. The van der Waals surface area contributed by atoms with Crippen LogP contribution in [-0.2, 0) is 14.6 Å². The number of carbonyl (C=O) groups is 1. The lowest BCUT2D eigenvalue weighted by Crippen LogP contribution is -2.38. The van der Waals surface area contributed by atoms with Crippen molar-refractivity contribution in [1.82, 2.24) is 5.32 Å². The van der Waals surface area contributed by atoms with Crippen LogP contribution in [0.15, 0.2) is 53.4 Å². The Morgan fingerprint density at radius 2 is 1.54 bits per heavy atom. The smallest absolute Gasteiger partial charge is 0.225 e. The highest BCUT2D eigenvalue weighted by atomic mass is 32.2. The summed E-state index contributed by atoms with van der Waals surface area (Å²) in [6.45, 7) is 7.35. The van der Waals surface area contributed by atoms with Crippen LogP contribution in [0.3, 0.4) is 0 Å². The molecule has 1 atom stereocenters. The summed E-state index contributed by atoms with van der Waals surface area (Å²) in [5.41, 5.74) is 2.04. The number of anilines is 1. The van der Waals surface area contributed by atoms with Crippen LogP contribution in [-0.4, -0.2) is 35.0 Å². The van der Waals surface area contributed by atoms with Crippen molar-refractivity contribution >= 4 is 21.4 Å². The van der Waals surface area contributed by atoms with Crippen LogP contribution in [0.4, 0.5) is 5.69 Å². The summed E-state index contributed by atoms with van der Waals surface area (Å²) in [4.78, 5) is 14.5. The molecule has 0 aliphatic carbocycles. The summed E-state index contributed by atoms with van der Waals surface area (Å²) < 4.78 is 26.7. The van der Waals surface area contributed by atoms with E-state index in [1.54, 1.807) is 45.0 Å². The van der Waals surface area contributed by atoms with Crippen molar-refractivity contribution in [2.45, 2.75) is 37.8 Å². The van der Waals surface area contributed by atoms with E-state index in [1.165, 1.54) is 0 Å². The van der Waals surface area contributed by atoms with Crippen LogP contribution in [0.25, 0.3) is 0 Å². The molecule has 0 spiro atoms. The van der Waals surface area contributed by atoms with Crippen LogP contribution in [0, 0.1) is 12.3 Å². The van der Waals surface area contributed by atoms with Gasteiger partial charge in [0.1, 0.15) is 5.25 Å². The Hall–Kier alpha value is -2.34. The quantitative estimate of drug-likeness (QED) is 0.799. The van der Waals surface area contributed by atoms with Gasteiger partial charge < -0.3 is 10.2 Å². The van der Waals surface area contributed by atoms with Gasteiger partial charge in [-0.25, -0.2) is 8.42 Å². The molecule has 152 valence electrons. The molecule has 1 amide bonds. The zero-order chi connectivity index (χ0) is 21.1. The third kappa shape index (κ3) is 5.13. The van der Waals surface area contributed by atoms with E-state index in [9.17, 15) is 13.2 Å². The molecule has 0 fully saturated rings. The summed E-state index contributed by atoms with van der Waals surface area (Å²) in [6, 6.07) is 14.2. The Labute approximate surface area is 168 Å². The minimum atomic E-state index is -3.67. The van der Waals surface area contributed by atoms with Gasteiger partial charge >= 0.3 is 0 Å². The Morgan fingerprint density at radius 3 is 2.00 bits per heavy atom. The molecule has 0 heterocycles.